The number of nitro benzene ring substituents is 1. The fourth-order valence-corrected chi connectivity index (χ4v) is 1.84. The van der Waals surface area contributed by atoms with Gasteiger partial charge in [0.1, 0.15) is 11.9 Å². The third-order valence-corrected chi connectivity index (χ3v) is 2.74. The molecule has 1 heterocycles. The fourth-order valence-electron chi connectivity index (χ4n) is 1.84. The normalized spacial score (nSPS) is 10.3. The van der Waals surface area contributed by atoms with Crippen molar-refractivity contribution in [2.45, 2.75) is 6.92 Å². The first-order valence-corrected chi connectivity index (χ1v) is 5.54. The third-order valence-electron chi connectivity index (χ3n) is 2.74. The maximum Gasteiger partial charge on any atom is 0.363 e. The summed E-state index contributed by atoms with van der Waals surface area (Å²) in [6.45, 7) is 1.50. The topological polar surface area (TPSA) is 141 Å². The number of rotatable bonds is 4. The number of nitro groups is 2. The number of carbonyl (C=O) groups is 1. The highest BCUT2D eigenvalue weighted by Gasteiger charge is 2.28. The molecule has 1 aromatic heterocycles. The van der Waals surface area contributed by atoms with Gasteiger partial charge in [-0.25, -0.2) is 9.48 Å². The fraction of sp³-hybridized carbons (Fsp3) is 0.0909. The van der Waals surface area contributed by atoms with Crippen molar-refractivity contribution < 1.29 is 19.7 Å². The summed E-state index contributed by atoms with van der Waals surface area (Å²) in [7, 11) is 0. The summed E-state index contributed by atoms with van der Waals surface area (Å²) in [5.41, 5.74) is -1.54. The first kappa shape index (κ1) is 14.1. The summed E-state index contributed by atoms with van der Waals surface area (Å²) in [5.74, 6) is -1.59. The Morgan fingerprint density at radius 3 is 2.43 bits per heavy atom. The van der Waals surface area contributed by atoms with E-state index in [1.165, 1.54) is 25.1 Å². The average molecular weight is 292 g/mol. The van der Waals surface area contributed by atoms with Crippen LogP contribution in [-0.4, -0.2) is 30.7 Å². The van der Waals surface area contributed by atoms with Gasteiger partial charge in [-0.05, 0) is 13.0 Å². The van der Waals surface area contributed by atoms with Gasteiger partial charge in [0.05, 0.1) is 9.85 Å². The summed E-state index contributed by atoms with van der Waals surface area (Å²) in [4.78, 5) is 31.3. The van der Waals surface area contributed by atoms with Gasteiger partial charge in [-0.1, -0.05) is 12.1 Å². The Hall–Kier alpha value is -3.30. The molecule has 0 saturated carbocycles. The van der Waals surface area contributed by atoms with Crippen LogP contribution in [0.5, 0.6) is 0 Å². The number of hydrogen-bond donors (Lipinski definition) is 1. The summed E-state index contributed by atoms with van der Waals surface area (Å²) in [6.07, 6.45) is 0.839. The number of aryl methyl sites for hydroxylation is 1. The number of carboxylic acids is 1. The zero-order chi connectivity index (χ0) is 15.7. The second-order valence-electron chi connectivity index (χ2n) is 4.07. The van der Waals surface area contributed by atoms with Gasteiger partial charge in [0.2, 0.25) is 5.69 Å². The van der Waals surface area contributed by atoms with Crippen LogP contribution in [0.3, 0.4) is 0 Å². The lowest BCUT2D eigenvalue weighted by Gasteiger charge is -2.04. The zero-order valence-electron chi connectivity index (χ0n) is 10.6. The monoisotopic (exact) mass is 292 g/mol. The minimum Gasteiger partial charge on any atom is -0.476 e. The molecule has 0 radical (unpaired) electrons. The summed E-state index contributed by atoms with van der Waals surface area (Å²) < 4.78 is 0.826. The molecule has 0 atom stereocenters. The van der Waals surface area contributed by atoms with E-state index < -0.39 is 27.2 Å². The Kier molecular flexibility index (Phi) is 3.36. The van der Waals surface area contributed by atoms with E-state index in [4.69, 9.17) is 5.11 Å². The molecule has 0 saturated heterocycles. The summed E-state index contributed by atoms with van der Waals surface area (Å²) >= 11 is 0. The second-order valence-corrected chi connectivity index (χ2v) is 4.07. The quantitative estimate of drug-likeness (QED) is 0.667. The summed E-state index contributed by atoms with van der Waals surface area (Å²) in [6, 6.07) is 4.33. The van der Waals surface area contributed by atoms with Crippen LogP contribution in [0.1, 0.15) is 16.1 Å². The van der Waals surface area contributed by atoms with Crippen LogP contribution in [-0.2, 0) is 0 Å². The molecule has 21 heavy (non-hydrogen) atoms. The number of hydrogen-bond acceptors (Lipinski definition) is 6. The maximum absolute atomic E-state index is 11.1. The highest BCUT2D eigenvalue weighted by Crippen LogP contribution is 2.28. The molecule has 0 spiro atoms. The second kappa shape index (κ2) is 5.00. The predicted octanol–water partition coefficient (Wildman–Crippen LogP) is 1.70. The Morgan fingerprint density at radius 2 is 1.95 bits per heavy atom. The molecular weight excluding hydrogens is 284 g/mol. The van der Waals surface area contributed by atoms with Gasteiger partial charge in [0, 0.05) is 5.56 Å². The van der Waals surface area contributed by atoms with Gasteiger partial charge in [0.25, 0.3) is 5.69 Å². The van der Waals surface area contributed by atoms with E-state index in [1.54, 1.807) is 0 Å². The highest BCUT2D eigenvalue weighted by molar-refractivity contribution is 5.90. The number of para-hydroxylation sites is 1. The zero-order valence-corrected chi connectivity index (χ0v) is 10.6. The van der Waals surface area contributed by atoms with Crippen molar-refractivity contribution in [3.63, 3.8) is 0 Å². The lowest BCUT2D eigenvalue weighted by atomic mass is 10.2. The van der Waals surface area contributed by atoms with Crippen molar-refractivity contribution in [1.29, 1.82) is 0 Å². The van der Waals surface area contributed by atoms with Crippen LogP contribution in [0.4, 0.5) is 11.4 Å². The lowest BCUT2D eigenvalue weighted by Crippen LogP contribution is -2.05. The maximum atomic E-state index is 11.1. The van der Waals surface area contributed by atoms with Gasteiger partial charge < -0.3 is 5.11 Å². The molecule has 0 aliphatic rings. The van der Waals surface area contributed by atoms with Crippen molar-refractivity contribution in [3.05, 3.63) is 55.9 Å². The number of nitrogens with zero attached hydrogens (tertiary/aromatic N) is 4. The first-order valence-electron chi connectivity index (χ1n) is 5.54. The van der Waals surface area contributed by atoms with Gasteiger partial charge in [-0.3, -0.25) is 20.2 Å². The molecular formula is C11H8N4O6. The average Bonchev–Trinajstić information content (AvgIpc) is 2.83. The number of benzene rings is 1. The molecule has 10 nitrogen and oxygen atoms in total. The molecule has 0 amide bonds. The van der Waals surface area contributed by atoms with Gasteiger partial charge in [-0.2, -0.15) is 5.10 Å². The van der Waals surface area contributed by atoms with E-state index >= 15 is 0 Å². The number of carboxylic acid groups (broad SMARTS) is 1. The van der Waals surface area contributed by atoms with Gasteiger partial charge in [0.15, 0.2) is 0 Å². The number of aromatic nitrogens is 2. The lowest BCUT2D eigenvalue weighted by molar-refractivity contribution is -0.385. The van der Waals surface area contributed by atoms with Crippen LogP contribution in [0.15, 0.2) is 24.4 Å². The van der Waals surface area contributed by atoms with Crippen LogP contribution < -0.4 is 0 Å². The molecule has 0 fully saturated rings. The molecule has 0 bridgehead atoms. The van der Waals surface area contributed by atoms with Crippen molar-refractivity contribution in [3.8, 4) is 5.69 Å². The highest BCUT2D eigenvalue weighted by atomic mass is 16.6. The van der Waals surface area contributed by atoms with Crippen molar-refractivity contribution in [2.75, 3.05) is 0 Å². The Balaban J connectivity index is 2.72. The molecule has 0 aliphatic heterocycles. The largest absolute Gasteiger partial charge is 0.476 e. The molecule has 1 N–H and O–H groups in total. The van der Waals surface area contributed by atoms with E-state index in [1.807, 2.05) is 0 Å². The van der Waals surface area contributed by atoms with Gasteiger partial charge in [-0.15, -0.1) is 0 Å². The van der Waals surface area contributed by atoms with Crippen LogP contribution >= 0.6 is 0 Å². The van der Waals surface area contributed by atoms with E-state index in [0.29, 0.717) is 5.56 Å². The SMILES string of the molecule is Cc1cccc(-n2cc([N+](=O)[O-])c(C(=O)O)n2)c1[N+](=O)[O-]. The third kappa shape index (κ3) is 2.41. The molecule has 108 valence electrons. The Bertz CT molecular complexity index is 735. The molecule has 2 rings (SSSR count). The Morgan fingerprint density at radius 1 is 1.29 bits per heavy atom. The standard InChI is InChI=1S/C11H8N4O6/c1-6-3-2-4-7(10(6)15(20)21)13-5-8(14(18)19)9(12-13)11(16)17/h2-5H,1H3,(H,16,17). The molecule has 1 aromatic carbocycles. The Labute approximate surface area is 116 Å². The molecule has 0 unspecified atom stereocenters. The molecule has 2 aromatic rings. The first-order chi connectivity index (χ1) is 9.82. The van der Waals surface area contributed by atoms with E-state index in [-0.39, 0.29) is 11.4 Å². The van der Waals surface area contributed by atoms with Crippen LogP contribution in [0, 0.1) is 27.2 Å². The smallest absolute Gasteiger partial charge is 0.363 e. The predicted molar refractivity (Wildman–Crippen MR) is 68.6 cm³/mol. The van der Waals surface area contributed by atoms with E-state index in [9.17, 15) is 25.0 Å². The molecule has 10 heteroatoms. The molecule has 0 aliphatic carbocycles. The minimum absolute atomic E-state index is 0.0457. The van der Waals surface area contributed by atoms with E-state index in [0.717, 1.165) is 10.9 Å². The van der Waals surface area contributed by atoms with Crippen LogP contribution in [0.25, 0.3) is 5.69 Å². The van der Waals surface area contributed by atoms with E-state index in [2.05, 4.69) is 5.10 Å². The van der Waals surface area contributed by atoms with Gasteiger partial charge >= 0.3 is 11.7 Å². The number of aromatic carboxylic acids is 1. The van der Waals surface area contributed by atoms with Crippen molar-refractivity contribution in [1.82, 2.24) is 9.78 Å². The van der Waals surface area contributed by atoms with Crippen molar-refractivity contribution in [2.24, 2.45) is 0 Å². The summed E-state index contributed by atoms with van der Waals surface area (Å²) in [5, 5.41) is 34.4. The minimum atomic E-state index is -1.59. The van der Waals surface area contributed by atoms with Crippen LogP contribution in [0.2, 0.25) is 0 Å². The van der Waals surface area contributed by atoms with Crippen molar-refractivity contribution >= 4 is 17.3 Å².